The lowest BCUT2D eigenvalue weighted by molar-refractivity contribution is 0.0732. The Balaban J connectivity index is 2.20. The van der Waals surface area contributed by atoms with Gasteiger partial charge in [0.1, 0.15) is 5.76 Å². The van der Waals surface area contributed by atoms with Crippen molar-refractivity contribution in [2.75, 3.05) is 6.79 Å². The zero-order valence-corrected chi connectivity index (χ0v) is 7.17. The first-order chi connectivity index (χ1) is 5.90. The van der Waals surface area contributed by atoms with Crippen molar-refractivity contribution < 1.29 is 9.47 Å². The fraction of sp³-hybridized carbons (Fsp3) is 0.400. The average Bonchev–Trinajstić information content (AvgIpc) is 2.46. The molecule has 1 aliphatic heterocycles. The monoisotopic (exact) mass is 164 g/mol. The van der Waals surface area contributed by atoms with Crippen LogP contribution in [0.4, 0.5) is 0 Å². The molecular weight excluding hydrogens is 152 g/mol. The molecule has 0 amide bonds. The Morgan fingerprint density at radius 1 is 1.33 bits per heavy atom. The lowest BCUT2D eigenvalue weighted by atomic mass is 10.2. The second kappa shape index (κ2) is 3.05. The van der Waals surface area contributed by atoms with Gasteiger partial charge in [-0.05, 0) is 12.5 Å². The molecule has 1 aliphatic carbocycles. The third-order valence-corrected chi connectivity index (χ3v) is 2.13. The van der Waals surface area contributed by atoms with Gasteiger partial charge in [-0.15, -0.1) is 0 Å². The molecule has 0 fully saturated rings. The Morgan fingerprint density at radius 2 is 2.25 bits per heavy atom. The topological polar surface area (TPSA) is 18.5 Å². The Bertz CT molecular complexity index is 272. The molecule has 2 nitrogen and oxygen atoms in total. The molecular formula is C10H12O2. The van der Waals surface area contributed by atoms with Crippen LogP contribution >= 0.6 is 0 Å². The Labute approximate surface area is 72.2 Å². The van der Waals surface area contributed by atoms with Gasteiger partial charge in [0.15, 0.2) is 5.76 Å². The number of rotatable bonds is 1. The second-order valence-corrected chi connectivity index (χ2v) is 2.86. The summed E-state index contributed by atoms with van der Waals surface area (Å²) >= 11 is 0. The van der Waals surface area contributed by atoms with E-state index in [1.807, 2.05) is 6.08 Å². The lowest BCUT2D eigenvalue weighted by Gasteiger charge is -1.97. The summed E-state index contributed by atoms with van der Waals surface area (Å²) in [4.78, 5) is 0. The fourth-order valence-electron chi connectivity index (χ4n) is 1.35. The third kappa shape index (κ3) is 1.24. The van der Waals surface area contributed by atoms with Crippen molar-refractivity contribution in [2.45, 2.75) is 19.8 Å². The molecule has 0 N–H and O–H groups in total. The third-order valence-electron chi connectivity index (χ3n) is 2.13. The normalized spacial score (nSPS) is 20.9. The van der Waals surface area contributed by atoms with Crippen LogP contribution in [0.1, 0.15) is 19.8 Å². The molecule has 0 saturated heterocycles. The van der Waals surface area contributed by atoms with Crippen molar-refractivity contribution in [3.8, 4) is 0 Å². The minimum atomic E-state index is 0.379. The first-order valence-electron chi connectivity index (χ1n) is 4.26. The average molecular weight is 164 g/mol. The van der Waals surface area contributed by atoms with E-state index in [1.54, 1.807) is 0 Å². The minimum absolute atomic E-state index is 0.379. The number of allylic oxidation sites excluding steroid dienone is 4. The van der Waals surface area contributed by atoms with Gasteiger partial charge in [-0.1, -0.05) is 24.6 Å². The Kier molecular flexibility index (Phi) is 1.90. The van der Waals surface area contributed by atoms with E-state index in [4.69, 9.17) is 9.47 Å². The summed E-state index contributed by atoms with van der Waals surface area (Å²) in [5, 5.41) is 0. The molecule has 64 valence electrons. The van der Waals surface area contributed by atoms with E-state index in [0.717, 1.165) is 24.4 Å². The standard InChI is InChI=1S/C10H12O2/c1-2-8-3-5-9-10(6-4-8)12-7-11-9/h3-5H,2,6-7H2,1H3. The van der Waals surface area contributed by atoms with Crippen LogP contribution in [0.15, 0.2) is 35.3 Å². The number of ether oxygens (including phenoxy) is 2. The van der Waals surface area contributed by atoms with Crippen LogP contribution < -0.4 is 0 Å². The SMILES string of the molecule is CCC1=CCC2=C(C=C1)OCO2. The van der Waals surface area contributed by atoms with E-state index in [0.29, 0.717) is 6.79 Å². The van der Waals surface area contributed by atoms with Gasteiger partial charge in [0, 0.05) is 6.42 Å². The van der Waals surface area contributed by atoms with Crippen molar-refractivity contribution in [3.05, 3.63) is 35.3 Å². The molecule has 0 aromatic carbocycles. The van der Waals surface area contributed by atoms with Gasteiger partial charge >= 0.3 is 0 Å². The van der Waals surface area contributed by atoms with Gasteiger partial charge in [-0.25, -0.2) is 0 Å². The molecule has 0 unspecified atom stereocenters. The van der Waals surface area contributed by atoms with E-state index < -0.39 is 0 Å². The summed E-state index contributed by atoms with van der Waals surface area (Å²) < 4.78 is 10.6. The Morgan fingerprint density at radius 3 is 3.08 bits per heavy atom. The largest absolute Gasteiger partial charge is 0.458 e. The smallest absolute Gasteiger partial charge is 0.230 e. The summed E-state index contributed by atoms with van der Waals surface area (Å²) in [6.07, 6.45) is 8.21. The minimum Gasteiger partial charge on any atom is -0.458 e. The molecule has 2 aliphatic rings. The highest BCUT2D eigenvalue weighted by atomic mass is 16.7. The maximum atomic E-state index is 5.29. The van der Waals surface area contributed by atoms with Gasteiger partial charge < -0.3 is 9.47 Å². The molecule has 0 aromatic rings. The highest BCUT2D eigenvalue weighted by Gasteiger charge is 2.15. The van der Waals surface area contributed by atoms with Crippen LogP contribution in [0.2, 0.25) is 0 Å². The van der Waals surface area contributed by atoms with Crippen molar-refractivity contribution >= 4 is 0 Å². The molecule has 0 aromatic heterocycles. The van der Waals surface area contributed by atoms with Crippen molar-refractivity contribution in [1.82, 2.24) is 0 Å². The van der Waals surface area contributed by atoms with Crippen LogP contribution in [0.5, 0.6) is 0 Å². The first-order valence-corrected chi connectivity index (χ1v) is 4.26. The predicted octanol–water partition coefficient (Wildman–Crippen LogP) is 2.50. The molecule has 1 heterocycles. The van der Waals surface area contributed by atoms with E-state index in [2.05, 4.69) is 19.1 Å². The molecule has 0 radical (unpaired) electrons. The summed E-state index contributed by atoms with van der Waals surface area (Å²) in [6.45, 7) is 2.53. The molecule has 2 heteroatoms. The van der Waals surface area contributed by atoms with Crippen molar-refractivity contribution in [1.29, 1.82) is 0 Å². The van der Waals surface area contributed by atoms with E-state index in [1.165, 1.54) is 5.57 Å². The molecule has 0 spiro atoms. The fourth-order valence-corrected chi connectivity index (χ4v) is 1.35. The zero-order valence-electron chi connectivity index (χ0n) is 7.17. The highest BCUT2D eigenvalue weighted by Crippen LogP contribution is 2.25. The molecule has 0 saturated carbocycles. The van der Waals surface area contributed by atoms with Crippen LogP contribution in [0.3, 0.4) is 0 Å². The van der Waals surface area contributed by atoms with Crippen molar-refractivity contribution in [3.63, 3.8) is 0 Å². The first kappa shape index (κ1) is 7.47. The van der Waals surface area contributed by atoms with Crippen molar-refractivity contribution in [2.24, 2.45) is 0 Å². The van der Waals surface area contributed by atoms with Crippen LogP contribution in [-0.2, 0) is 9.47 Å². The van der Waals surface area contributed by atoms with E-state index in [-0.39, 0.29) is 0 Å². The maximum Gasteiger partial charge on any atom is 0.230 e. The van der Waals surface area contributed by atoms with Gasteiger partial charge in [-0.3, -0.25) is 0 Å². The molecule has 2 rings (SSSR count). The van der Waals surface area contributed by atoms with Gasteiger partial charge in [0.2, 0.25) is 6.79 Å². The highest BCUT2D eigenvalue weighted by molar-refractivity contribution is 5.32. The number of hydrogen-bond acceptors (Lipinski definition) is 2. The van der Waals surface area contributed by atoms with Crippen LogP contribution in [-0.4, -0.2) is 6.79 Å². The molecule has 0 bridgehead atoms. The Hall–Kier alpha value is -1.18. The quantitative estimate of drug-likeness (QED) is 0.592. The van der Waals surface area contributed by atoms with E-state index >= 15 is 0 Å². The summed E-state index contributed by atoms with van der Waals surface area (Å²) in [5.74, 6) is 1.87. The second-order valence-electron chi connectivity index (χ2n) is 2.86. The summed E-state index contributed by atoms with van der Waals surface area (Å²) in [7, 11) is 0. The lowest BCUT2D eigenvalue weighted by Crippen LogP contribution is -1.84. The number of hydrogen-bond donors (Lipinski definition) is 0. The zero-order chi connectivity index (χ0) is 8.39. The summed E-state index contributed by atoms with van der Waals surface area (Å²) in [6, 6.07) is 0. The molecule has 12 heavy (non-hydrogen) atoms. The van der Waals surface area contributed by atoms with Gasteiger partial charge in [0.05, 0.1) is 0 Å². The molecule has 0 atom stereocenters. The van der Waals surface area contributed by atoms with Crippen LogP contribution in [0, 0.1) is 0 Å². The summed E-state index contributed by atoms with van der Waals surface area (Å²) in [5.41, 5.74) is 1.34. The van der Waals surface area contributed by atoms with Gasteiger partial charge in [-0.2, -0.15) is 0 Å². The van der Waals surface area contributed by atoms with Crippen LogP contribution in [0.25, 0.3) is 0 Å². The van der Waals surface area contributed by atoms with E-state index in [9.17, 15) is 0 Å². The van der Waals surface area contributed by atoms with Gasteiger partial charge in [0.25, 0.3) is 0 Å². The maximum absolute atomic E-state index is 5.29. The predicted molar refractivity (Wildman–Crippen MR) is 46.2 cm³/mol.